The zero-order valence-corrected chi connectivity index (χ0v) is 44.8. The van der Waals surface area contributed by atoms with Gasteiger partial charge in [0.15, 0.2) is 0 Å². The van der Waals surface area contributed by atoms with Gasteiger partial charge in [-0.25, -0.2) is 9.78 Å². The van der Waals surface area contributed by atoms with E-state index in [-0.39, 0.29) is 19.3 Å². The van der Waals surface area contributed by atoms with Crippen LogP contribution in [0.3, 0.4) is 0 Å². The first-order chi connectivity index (χ1) is 38.8. The molecule has 0 radical (unpaired) electrons. The number of aromatic amines is 1. The van der Waals surface area contributed by atoms with Gasteiger partial charge in [0.2, 0.25) is 53.2 Å². The monoisotopic (exact) mass is 1160 g/mol. The summed E-state index contributed by atoms with van der Waals surface area (Å²) in [6, 6.07) is -9.48. The molecular weight excluding hydrogens is 1090 g/mol. The second kappa shape index (κ2) is 35.8. The molecule has 0 saturated carbocycles. The van der Waals surface area contributed by atoms with Gasteiger partial charge < -0.3 is 100 Å². The van der Waals surface area contributed by atoms with Gasteiger partial charge in [-0.05, 0) is 37.3 Å². The van der Waals surface area contributed by atoms with Crippen molar-refractivity contribution in [3.05, 3.63) is 54.1 Å². The molecule has 9 amide bonds. The van der Waals surface area contributed by atoms with E-state index in [0.717, 1.165) is 0 Å². The molecule has 0 aliphatic heterocycles. The smallest absolute Gasteiger partial charge is 0.326 e. The zero-order chi connectivity index (χ0) is 61.6. The summed E-state index contributed by atoms with van der Waals surface area (Å²) in [5, 5.41) is 87.3. The number of aliphatic hydroxyl groups is 3. The van der Waals surface area contributed by atoms with E-state index >= 15 is 0 Å². The molecule has 1 aromatic heterocycles. The van der Waals surface area contributed by atoms with Gasteiger partial charge >= 0.3 is 23.9 Å². The second-order valence-electron chi connectivity index (χ2n) is 18.7. The minimum absolute atomic E-state index is 0.107. The third kappa shape index (κ3) is 24.4. The summed E-state index contributed by atoms with van der Waals surface area (Å²) in [5.74, 6) is -18.0. The van der Waals surface area contributed by atoms with Gasteiger partial charge in [-0.3, -0.25) is 57.5 Å². The number of H-pyrrole nitrogens is 1. The number of aliphatic carboxylic acids is 4. The van der Waals surface area contributed by atoms with Crippen LogP contribution in [-0.2, 0) is 75.2 Å². The highest BCUT2D eigenvalue weighted by Gasteiger charge is 2.37. The fourth-order valence-corrected chi connectivity index (χ4v) is 7.53. The lowest BCUT2D eigenvalue weighted by Gasteiger charge is -2.29. The number of amides is 9. The molecule has 1 aromatic carbocycles. The van der Waals surface area contributed by atoms with Crippen molar-refractivity contribution in [2.45, 2.75) is 138 Å². The summed E-state index contributed by atoms with van der Waals surface area (Å²) < 4.78 is 0. The van der Waals surface area contributed by atoms with Gasteiger partial charge in [0.1, 0.15) is 54.4 Å². The van der Waals surface area contributed by atoms with E-state index in [1.165, 1.54) is 12.5 Å². The van der Waals surface area contributed by atoms with E-state index < -0.39 is 189 Å². The normalized spacial score (nSPS) is 15.0. The largest absolute Gasteiger partial charge is 0.481 e. The van der Waals surface area contributed by atoms with E-state index in [1.54, 1.807) is 44.2 Å². The van der Waals surface area contributed by atoms with Crippen molar-refractivity contribution in [1.29, 1.82) is 0 Å². The van der Waals surface area contributed by atoms with Crippen molar-refractivity contribution in [2.24, 2.45) is 17.4 Å². The molecule has 0 saturated heterocycles. The average molecular weight is 1160 g/mol. The first-order valence-corrected chi connectivity index (χ1v) is 25.7. The SMILES string of the molecule is CC[C@H](C)[C@H](NC(=O)[C@H](Cc1cnc[nH]1)NC(=O)[C@@H](N)CCCCN)C(=O)N[C@@H](Cc1ccccc1)C(=O)N[C@@H](CO)C(=O)N[C@@H](CC(=O)O)C(=O)N[C@@H](CC(=O)O)C(=O)N[C@@H](CO)C(=O)N[C@@H](CO)C(=O)N[C@@H](CCC(=O)O)C(=O)O. The first kappa shape index (κ1) is 69.4. The van der Waals surface area contributed by atoms with Gasteiger partial charge in [0, 0.05) is 31.2 Å². The van der Waals surface area contributed by atoms with Crippen LogP contribution in [0.25, 0.3) is 0 Å². The molecule has 1 heterocycles. The van der Waals surface area contributed by atoms with Crippen molar-refractivity contribution >= 4 is 77.0 Å². The fraction of sp³-hybridized carbons (Fsp3) is 0.551. The van der Waals surface area contributed by atoms with Gasteiger partial charge in [-0.1, -0.05) is 57.0 Å². The van der Waals surface area contributed by atoms with Crippen LogP contribution in [0, 0.1) is 5.92 Å². The molecule has 0 spiro atoms. The molecule has 82 heavy (non-hydrogen) atoms. The Labute approximate surface area is 468 Å². The number of aliphatic hydroxyl groups excluding tert-OH is 3. The van der Waals surface area contributed by atoms with E-state index in [1.807, 2.05) is 26.6 Å². The van der Waals surface area contributed by atoms with Crippen molar-refractivity contribution in [2.75, 3.05) is 26.4 Å². The zero-order valence-electron chi connectivity index (χ0n) is 44.8. The number of carbonyl (C=O) groups is 13. The number of nitrogens with two attached hydrogens (primary N) is 2. The molecular formula is C49H73N13O20. The van der Waals surface area contributed by atoms with Gasteiger partial charge in [0.05, 0.1) is 45.0 Å². The fourth-order valence-electron chi connectivity index (χ4n) is 7.53. The van der Waals surface area contributed by atoms with Gasteiger partial charge in [0.25, 0.3) is 0 Å². The average Bonchev–Trinajstić information content (AvgIpc) is 3.96. The summed E-state index contributed by atoms with van der Waals surface area (Å²) in [4.78, 5) is 175. The predicted molar refractivity (Wildman–Crippen MR) is 280 cm³/mol. The highest BCUT2D eigenvalue weighted by Crippen LogP contribution is 2.13. The number of carboxylic acids is 4. The number of carbonyl (C=O) groups excluding carboxylic acids is 9. The molecule has 33 heteroatoms. The Kier molecular flexibility index (Phi) is 30.4. The number of nitrogens with one attached hydrogen (secondary N) is 10. The molecule has 0 aliphatic rings. The number of hydrogen-bond donors (Lipinski definition) is 19. The van der Waals surface area contributed by atoms with Crippen LogP contribution in [0.2, 0.25) is 0 Å². The standard InChI is InChI=1S/C49H73N13O20/c1-3-24(2)39(62-44(76)30(16-26-19-52-23-53-26)55-40(72)27(51)11-7-8-14-50)48(80)58-29(15-25-9-5-4-6-10-25)41(73)59-34(21-64)46(78)57-31(17-37(68)69)42(74)56-32(18-38(70)71)43(75)60-35(22-65)47(79)61-33(20-63)45(77)54-28(49(81)82)12-13-36(66)67/h4-6,9-10,19,23-24,27-35,39,63-65H,3,7-8,11-18,20-22,50-51H2,1-2H3,(H,52,53)(H,54,77)(H,55,72)(H,56,74)(H,57,78)(H,58,80)(H,59,73)(H,60,75)(H,61,79)(H,62,76)(H,66,67)(H,68,69)(H,70,71)(H,81,82)/t24-,27-,28-,29-,30-,31-,32-,33-,34-,35-,39-/m0/s1. The topological polar surface area (TPSA) is 553 Å². The van der Waals surface area contributed by atoms with Crippen molar-refractivity contribution in [1.82, 2.24) is 57.8 Å². The summed E-state index contributed by atoms with van der Waals surface area (Å²) in [7, 11) is 0. The van der Waals surface area contributed by atoms with Crippen molar-refractivity contribution in [3.63, 3.8) is 0 Å². The van der Waals surface area contributed by atoms with Crippen LogP contribution in [0.4, 0.5) is 0 Å². The van der Waals surface area contributed by atoms with E-state index in [9.17, 15) is 93.0 Å². The number of hydrogen-bond acceptors (Lipinski definition) is 19. The molecule has 2 aromatic rings. The highest BCUT2D eigenvalue weighted by molar-refractivity contribution is 6.00. The van der Waals surface area contributed by atoms with Crippen molar-refractivity contribution < 1.29 is 98.1 Å². The Morgan fingerprint density at radius 3 is 1.38 bits per heavy atom. The minimum atomic E-state index is -2.22. The maximum absolute atomic E-state index is 14.3. The molecule has 33 nitrogen and oxygen atoms in total. The molecule has 21 N–H and O–H groups in total. The Bertz CT molecular complexity index is 2500. The number of nitrogens with zero attached hydrogens (tertiary/aromatic N) is 1. The Hall–Kier alpha value is -8.66. The number of aromatic nitrogens is 2. The number of rotatable bonds is 39. The van der Waals surface area contributed by atoms with Crippen LogP contribution in [0.15, 0.2) is 42.9 Å². The van der Waals surface area contributed by atoms with Gasteiger partial charge in [-0.2, -0.15) is 0 Å². The Morgan fingerprint density at radius 2 is 0.951 bits per heavy atom. The Morgan fingerprint density at radius 1 is 0.524 bits per heavy atom. The van der Waals surface area contributed by atoms with Crippen molar-refractivity contribution in [3.8, 4) is 0 Å². The quantitative estimate of drug-likeness (QED) is 0.0277. The number of unbranched alkanes of at least 4 members (excludes halogenated alkanes) is 1. The lowest BCUT2D eigenvalue weighted by atomic mass is 9.96. The Balaban J connectivity index is 2.36. The maximum atomic E-state index is 14.3. The molecule has 0 bridgehead atoms. The third-order valence-corrected chi connectivity index (χ3v) is 12.4. The third-order valence-electron chi connectivity index (χ3n) is 12.4. The summed E-state index contributed by atoms with van der Waals surface area (Å²) in [6.45, 7) is -0.00816. The predicted octanol–water partition coefficient (Wildman–Crippen LogP) is -7.06. The second-order valence-corrected chi connectivity index (χ2v) is 18.7. The maximum Gasteiger partial charge on any atom is 0.326 e. The van der Waals surface area contributed by atoms with Crippen LogP contribution in [-0.4, -0.2) is 210 Å². The van der Waals surface area contributed by atoms with Crippen LogP contribution >= 0.6 is 0 Å². The van der Waals surface area contributed by atoms with Crippen LogP contribution in [0.5, 0.6) is 0 Å². The van der Waals surface area contributed by atoms with E-state index in [0.29, 0.717) is 37.1 Å². The lowest BCUT2D eigenvalue weighted by molar-refractivity contribution is -0.144. The number of benzene rings is 1. The first-order valence-electron chi connectivity index (χ1n) is 25.7. The molecule has 0 fully saturated rings. The molecule has 0 unspecified atom stereocenters. The van der Waals surface area contributed by atoms with Crippen LogP contribution < -0.4 is 59.3 Å². The molecule has 2 rings (SSSR count). The highest BCUT2D eigenvalue weighted by atomic mass is 16.4. The summed E-state index contributed by atoms with van der Waals surface area (Å²) in [5.41, 5.74) is 12.6. The summed E-state index contributed by atoms with van der Waals surface area (Å²) >= 11 is 0. The minimum Gasteiger partial charge on any atom is -0.481 e. The molecule has 11 atom stereocenters. The van der Waals surface area contributed by atoms with Gasteiger partial charge in [-0.15, -0.1) is 0 Å². The number of carboxylic acid groups (broad SMARTS) is 4. The van der Waals surface area contributed by atoms with E-state index in [2.05, 4.69) is 31.2 Å². The molecule has 454 valence electrons. The van der Waals surface area contributed by atoms with E-state index in [4.69, 9.17) is 16.6 Å². The molecule has 0 aliphatic carbocycles. The van der Waals surface area contributed by atoms with Crippen LogP contribution in [0.1, 0.15) is 76.5 Å². The summed E-state index contributed by atoms with van der Waals surface area (Å²) in [6.07, 6.45) is 0.216. The lowest BCUT2D eigenvalue weighted by Crippen LogP contribution is -2.62. The number of imidazole rings is 1.